The predicted octanol–water partition coefficient (Wildman–Crippen LogP) is 2.80. The van der Waals surface area contributed by atoms with Crippen molar-refractivity contribution in [2.24, 2.45) is 11.8 Å². The lowest BCUT2D eigenvalue weighted by Gasteiger charge is -2.29. The third kappa shape index (κ3) is 2.54. The highest BCUT2D eigenvalue weighted by Gasteiger charge is 2.20. The monoisotopic (exact) mass is 245 g/mol. The molecule has 18 heavy (non-hydrogen) atoms. The van der Waals surface area contributed by atoms with E-state index in [1.807, 2.05) is 0 Å². The zero-order chi connectivity index (χ0) is 12.4. The number of rotatable bonds is 3. The SMILES string of the molecule is CC1CNCCC1CCc1ccc2c(c1)CCO2. The second kappa shape index (κ2) is 5.31. The number of hydrogen-bond acceptors (Lipinski definition) is 2. The number of nitrogens with one attached hydrogen (secondary N) is 1. The standard InChI is InChI=1S/C16H23NO/c1-12-11-17-8-6-14(12)4-2-13-3-5-16-15(10-13)7-9-18-16/h3,5,10,12,14,17H,2,4,6-9,11H2,1H3. The van der Waals surface area contributed by atoms with Crippen LogP contribution in [0.5, 0.6) is 5.75 Å². The van der Waals surface area contributed by atoms with Gasteiger partial charge in [-0.05, 0) is 61.4 Å². The summed E-state index contributed by atoms with van der Waals surface area (Å²) in [6.45, 7) is 5.65. The quantitative estimate of drug-likeness (QED) is 0.884. The van der Waals surface area contributed by atoms with E-state index >= 15 is 0 Å². The molecule has 2 aliphatic heterocycles. The predicted molar refractivity (Wildman–Crippen MR) is 74.1 cm³/mol. The van der Waals surface area contributed by atoms with Gasteiger partial charge in [-0.3, -0.25) is 0 Å². The summed E-state index contributed by atoms with van der Waals surface area (Å²) in [6, 6.07) is 6.76. The third-order valence-corrected chi connectivity index (χ3v) is 4.52. The van der Waals surface area contributed by atoms with Gasteiger partial charge < -0.3 is 10.1 Å². The largest absolute Gasteiger partial charge is 0.493 e. The number of hydrogen-bond donors (Lipinski definition) is 1. The molecule has 0 aromatic heterocycles. The highest BCUT2D eigenvalue weighted by Crippen LogP contribution is 2.28. The second-order valence-electron chi connectivity index (χ2n) is 5.81. The summed E-state index contributed by atoms with van der Waals surface area (Å²) < 4.78 is 5.56. The molecular weight excluding hydrogens is 222 g/mol. The molecule has 2 atom stereocenters. The molecule has 2 heterocycles. The first-order valence-corrected chi connectivity index (χ1v) is 7.28. The molecule has 1 aromatic rings. The Labute approximate surface area is 110 Å². The Hall–Kier alpha value is -1.02. The molecule has 1 aromatic carbocycles. The van der Waals surface area contributed by atoms with Crippen molar-refractivity contribution in [3.05, 3.63) is 29.3 Å². The number of fused-ring (bicyclic) bond motifs is 1. The Bertz CT molecular complexity index is 416. The molecule has 0 saturated carbocycles. The third-order valence-electron chi connectivity index (χ3n) is 4.52. The highest BCUT2D eigenvalue weighted by atomic mass is 16.5. The fraction of sp³-hybridized carbons (Fsp3) is 0.625. The average molecular weight is 245 g/mol. The van der Waals surface area contributed by atoms with Gasteiger partial charge in [-0.25, -0.2) is 0 Å². The molecule has 0 radical (unpaired) electrons. The van der Waals surface area contributed by atoms with Gasteiger partial charge in [-0.1, -0.05) is 19.1 Å². The molecule has 0 spiro atoms. The molecule has 0 amide bonds. The van der Waals surface area contributed by atoms with Crippen LogP contribution >= 0.6 is 0 Å². The maximum atomic E-state index is 5.56. The summed E-state index contributed by atoms with van der Waals surface area (Å²) in [6.07, 6.45) is 4.99. The van der Waals surface area contributed by atoms with Crippen molar-refractivity contribution in [1.82, 2.24) is 5.32 Å². The normalized spacial score (nSPS) is 26.7. The van der Waals surface area contributed by atoms with Crippen LogP contribution in [0.3, 0.4) is 0 Å². The van der Waals surface area contributed by atoms with Gasteiger partial charge in [-0.2, -0.15) is 0 Å². The van der Waals surface area contributed by atoms with Crippen molar-refractivity contribution in [3.8, 4) is 5.75 Å². The minimum absolute atomic E-state index is 0.830. The summed E-state index contributed by atoms with van der Waals surface area (Å²) in [4.78, 5) is 0. The van der Waals surface area contributed by atoms with Crippen LogP contribution < -0.4 is 10.1 Å². The fourth-order valence-electron chi connectivity index (χ4n) is 3.24. The first kappa shape index (κ1) is 12.0. The molecule has 2 unspecified atom stereocenters. The second-order valence-corrected chi connectivity index (χ2v) is 5.81. The van der Waals surface area contributed by atoms with E-state index in [9.17, 15) is 0 Å². The molecular formula is C16H23NO. The number of benzene rings is 1. The van der Waals surface area contributed by atoms with E-state index in [1.165, 1.54) is 43.5 Å². The molecule has 2 nitrogen and oxygen atoms in total. The fourth-order valence-corrected chi connectivity index (χ4v) is 3.24. The molecule has 2 aliphatic rings. The molecule has 0 bridgehead atoms. The highest BCUT2D eigenvalue weighted by molar-refractivity contribution is 5.39. The Morgan fingerprint density at radius 1 is 1.39 bits per heavy atom. The van der Waals surface area contributed by atoms with E-state index < -0.39 is 0 Å². The van der Waals surface area contributed by atoms with Gasteiger partial charge in [0.2, 0.25) is 0 Å². The minimum Gasteiger partial charge on any atom is -0.493 e. The van der Waals surface area contributed by atoms with Gasteiger partial charge in [0.1, 0.15) is 5.75 Å². The van der Waals surface area contributed by atoms with Crippen molar-refractivity contribution in [2.75, 3.05) is 19.7 Å². The van der Waals surface area contributed by atoms with Crippen LogP contribution in [-0.4, -0.2) is 19.7 Å². The Morgan fingerprint density at radius 2 is 2.33 bits per heavy atom. The smallest absolute Gasteiger partial charge is 0.122 e. The van der Waals surface area contributed by atoms with Gasteiger partial charge >= 0.3 is 0 Å². The van der Waals surface area contributed by atoms with Crippen molar-refractivity contribution in [2.45, 2.75) is 32.6 Å². The van der Waals surface area contributed by atoms with Crippen molar-refractivity contribution >= 4 is 0 Å². The molecule has 1 saturated heterocycles. The molecule has 3 rings (SSSR count). The molecule has 98 valence electrons. The lowest BCUT2D eigenvalue weighted by atomic mass is 9.83. The van der Waals surface area contributed by atoms with Gasteiger partial charge in [0.15, 0.2) is 0 Å². The molecule has 0 aliphatic carbocycles. The first-order valence-electron chi connectivity index (χ1n) is 7.28. The Morgan fingerprint density at radius 3 is 3.22 bits per heavy atom. The van der Waals surface area contributed by atoms with E-state index in [-0.39, 0.29) is 0 Å². The van der Waals surface area contributed by atoms with E-state index in [0.29, 0.717) is 0 Å². The summed E-state index contributed by atoms with van der Waals surface area (Å²) in [5, 5.41) is 3.48. The van der Waals surface area contributed by atoms with Crippen molar-refractivity contribution < 1.29 is 4.74 Å². The minimum atomic E-state index is 0.830. The summed E-state index contributed by atoms with van der Waals surface area (Å²) in [5.74, 6) is 2.83. The van der Waals surface area contributed by atoms with Gasteiger partial charge in [0.05, 0.1) is 6.61 Å². The van der Waals surface area contributed by atoms with Gasteiger partial charge in [0.25, 0.3) is 0 Å². The van der Waals surface area contributed by atoms with Gasteiger partial charge in [-0.15, -0.1) is 0 Å². The lowest BCUT2D eigenvalue weighted by molar-refractivity contribution is 0.259. The van der Waals surface area contributed by atoms with E-state index in [2.05, 4.69) is 30.4 Å². The van der Waals surface area contributed by atoms with Crippen LogP contribution in [-0.2, 0) is 12.8 Å². The van der Waals surface area contributed by atoms with Crippen LogP contribution in [0.1, 0.15) is 30.9 Å². The zero-order valence-corrected chi connectivity index (χ0v) is 11.2. The van der Waals surface area contributed by atoms with Crippen molar-refractivity contribution in [3.63, 3.8) is 0 Å². The average Bonchev–Trinajstić information content (AvgIpc) is 2.85. The van der Waals surface area contributed by atoms with Crippen molar-refractivity contribution in [1.29, 1.82) is 0 Å². The van der Waals surface area contributed by atoms with Crippen LogP contribution in [0.2, 0.25) is 0 Å². The number of ether oxygens (including phenoxy) is 1. The van der Waals surface area contributed by atoms with Crippen LogP contribution in [0, 0.1) is 11.8 Å². The Kier molecular flexibility index (Phi) is 3.55. The zero-order valence-electron chi connectivity index (χ0n) is 11.2. The maximum Gasteiger partial charge on any atom is 0.122 e. The van der Waals surface area contributed by atoms with Crippen LogP contribution in [0.15, 0.2) is 18.2 Å². The van der Waals surface area contributed by atoms with Crippen LogP contribution in [0.25, 0.3) is 0 Å². The van der Waals surface area contributed by atoms with E-state index in [4.69, 9.17) is 4.74 Å². The van der Waals surface area contributed by atoms with E-state index in [0.717, 1.165) is 30.6 Å². The topological polar surface area (TPSA) is 21.3 Å². The molecule has 2 heteroatoms. The summed E-state index contributed by atoms with van der Waals surface area (Å²) in [5.41, 5.74) is 2.90. The lowest BCUT2D eigenvalue weighted by Crippen LogP contribution is -2.35. The molecule has 1 fully saturated rings. The maximum absolute atomic E-state index is 5.56. The van der Waals surface area contributed by atoms with E-state index in [1.54, 1.807) is 0 Å². The van der Waals surface area contributed by atoms with Crippen LogP contribution in [0.4, 0.5) is 0 Å². The van der Waals surface area contributed by atoms with Gasteiger partial charge in [0, 0.05) is 6.42 Å². The Balaban J connectivity index is 1.59. The summed E-state index contributed by atoms with van der Waals surface area (Å²) in [7, 11) is 0. The summed E-state index contributed by atoms with van der Waals surface area (Å²) >= 11 is 0. The number of aryl methyl sites for hydroxylation is 1. The molecule has 1 N–H and O–H groups in total. The first-order chi connectivity index (χ1) is 8.83. The number of piperidine rings is 1.